The number of carbonyl (C=O) groups excluding carboxylic acids is 1. The monoisotopic (exact) mass is 418 g/mol. The highest BCUT2D eigenvalue weighted by molar-refractivity contribution is 9.11. The van der Waals surface area contributed by atoms with Crippen molar-refractivity contribution in [3.05, 3.63) is 56.4 Å². The van der Waals surface area contributed by atoms with Crippen LogP contribution in [-0.4, -0.2) is 12.6 Å². The summed E-state index contributed by atoms with van der Waals surface area (Å²) in [4.78, 5) is 11.6. The predicted molar refractivity (Wildman–Crippen MR) is 84.4 cm³/mol. The molecule has 0 amide bonds. The molecule has 3 nitrogen and oxygen atoms in total. The van der Waals surface area contributed by atoms with Crippen LogP contribution < -0.4 is 9.47 Å². The zero-order valence-electron chi connectivity index (χ0n) is 10.1. The third kappa shape index (κ3) is 4.51. The second-order valence-electron chi connectivity index (χ2n) is 3.79. The normalized spacial score (nSPS) is 10.2. The summed E-state index contributed by atoms with van der Waals surface area (Å²) < 4.78 is 12.2. The van der Waals surface area contributed by atoms with Crippen LogP contribution >= 0.6 is 43.5 Å². The van der Waals surface area contributed by atoms with Crippen LogP contribution in [0.2, 0.25) is 5.02 Å². The van der Waals surface area contributed by atoms with E-state index in [1.54, 1.807) is 30.3 Å². The molecule has 0 atom stereocenters. The maximum atomic E-state index is 11.6. The van der Waals surface area contributed by atoms with E-state index in [1.165, 1.54) is 0 Å². The third-order valence-corrected chi connectivity index (χ3v) is 3.65. The minimum Gasteiger partial charge on any atom is -0.481 e. The van der Waals surface area contributed by atoms with E-state index >= 15 is 0 Å². The molecule has 0 spiro atoms. The van der Waals surface area contributed by atoms with Crippen LogP contribution in [-0.2, 0) is 4.79 Å². The summed E-state index contributed by atoms with van der Waals surface area (Å²) in [5.74, 6) is 0.515. The Balaban J connectivity index is 1.90. The van der Waals surface area contributed by atoms with Gasteiger partial charge in [0.2, 0.25) is 0 Å². The van der Waals surface area contributed by atoms with Crippen LogP contribution in [0.4, 0.5) is 0 Å². The van der Waals surface area contributed by atoms with Crippen molar-refractivity contribution in [3.8, 4) is 11.5 Å². The average molecular weight is 420 g/mol. The number of esters is 1. The van der Waals surface area contributed by atoms with Crippen molar-refractivity contribution in [3.63, 3.8) is 0 Å². The first kappa shape index (κ1) is 15.4. The molecule has 6 heteroatoms. The van der Waals surface area contributed by atoms with Crippen LogP contribution in [0.3, 0.4) is 0 Å². The summed E-state index contributed by atoms with van der Waals surface area (Å²) in [5.41, 5.74) is 0. The maximum absolute atomic E-state index is 11.6. The highest BCUT2D eigenvalue weighted by atomic mass is 79.9. The van der Waals surface area contributed by atoms with Gasteiger partial charge >= 0.3 is 5.97 Å². The Morgan fingerprint density at radius 3 is 2.45 bits per heavy atom. The molecule has 0 aliphatic carbocycles. The Kier molecular flexibility index (Phi) is 5.46. The fourth-order valence-corrected chi connectivity index (χ4v) is 2.68. The first-order valence-electron chi connectivity index (χ1n) is 5.59. The second-order valence-corrected chi connectivity index (χ2v) is 6.00. The highest BCUT2D eigenvalue weighted by Crippen LogP contribution is 2.28. The molecule has 0 fully saturated rings. The lowest BCUT2D eigenvalue weighted by atomic mass is 10.3. The molecule has 0 saturated carbocycles. The topological polar surface area (TPSA) is 35.5 Å². The van der Waals surface area contributed by atoms with E-state index in [9.17, 15) is 4.79 Å². The Labute approximate surface area is 138 Å². The molecule has 0 bridgehead atoms. The van der Waals surface area contributed by atoms with Crippen molar-refractivity contribution in [2.45, 2.75) is 0 Å². The van der Waals surface area contributed by atoms with Gasteiger partial charge in [-0.25, -0.2) is 4.79 Å². The standard InChI is InChI=1S/C14H9Br2ClO3/c15-9-1-6-13(12(16)7-9)19-8-14(18)20-11-4-2-10(17)3-5-11/h1-7H,8H2. The maximum Gasteiger partial charge on any atom is 0.349 e. The van der Waals surface area contributed by atoms with Gasteiger partial charge in [-0.05, 0) is 58.4 Å². The molecule has 2 rings (SSSR count). The van der Waals surface area contributed by atoms with Gasteiger partial charge in [-0.3, -0.25) is 0 Å². The molecule has 0 aliphatic heterocycles. The minimum atomic E-state index is -0.484. The Morgan fingerprint density at radius 2 is 1.80 bits per heavy atom. The number of halogens is 3. The summed E-state index contributed by atoms with van der Waals surface area (Å²) >= 11 is 12.4. The fraction of sp³-hybridized carbons (Fsp3) is 0.0714. The van der Waals surface area contributed by atoms with Gasteiger partial charge in [0, 0.05) is 9.50 Å². The molecule has 2 aromatic carbocycles. The summed E-state index contributed by atoms with van der Waals surface area (Å²) in [6.45, 7) is -0.178. The van der Waals surface area contributed by atoms with Crippen LogP contribution in [0.15, 0.2) is 51.4 Å². The van der Waals surface area contributed by atoms with Gasteiger partial charge in [0.25, 0.3) is 0 Å². The summed E-state index contributed by atoms with van der Waals surface area (Å²) in [5, 5.41) is 0.583. The molecule has 104 valence electrons. The largest absolute Gasteiger partial charge is 0.481 e. The van der Waals surface area contributed by atoms with E-state index in [1.807, 2.05) is 12.1 Å². The molecule has 0 unspecified atom stereocenters. The van der Waals surface area contributed by atoms with Crippen molar-refractivity contribution in [1.29, 1.82) is 0 Å². The third-order valence-electron chi connectivity index (χ3n) is 2.28. The molecule has 0 heterocycles. The van der Waals surface area contributed by atoms with Gasteiger partial charge in [-0.15, -0.1) is 0 Å². The van der Waals surface area contributed by atoms with Crippen molar-refractivity contribution < 1.29 is 14.3 Å². The highest BCUT2D eigenvalue weighted by Gasteiger charge is 2.08. The Hall–Kier alpha value is -1.04. The lowest BCUT2D eigenvalue weighted by molar-refractivity contribution is -0.136. The lowest BCUT2D eigenvalue weighted by Gasteiger charge is -2.08. The molecule has 0 aromatic heterocycles. The van der Waals surface area contributed by atoms with Gasteiger partial charge in [-0.1, -0.05) is 27.5 Å². The molecule has 0 saturated heterocycles. The van der Waals surface area contributed by atoms with Crippen molar-refractivity contribution in [1.82, 2.24) is 0 Å². The number of hydrogen-bond acceptors (Lipinski definition) is 3. The molecule has 0 aliphatic rings. The van der Waals surface area contributed by atoms with Gasteiger partial charge in [-0.2, -0.15) is 0 Å². The second kappa shape index (κ2) is 7.11. The van der Waals surface area contributed by atoms with Gasteiger partial charge in [0.1, 0.15) is 11.5 Å². The SMILES string of the molecule is O=C(COc1ccc(Br)cc1Br)Oc1ccc(Cl)cc1. The predicted octanol–water partition coefficient (Wildman–Crippen LogP) is 4.85. The summed E-state index contributed by atoms with van der Waals surface area (Å²) in [6, 6.07) is 12.0. The average Bonchev–Trinajstić information content (AvgIpc) is 2.40. The molecular weight excluding hydrogens is 411 g/mol. The van der Waals surface area contributed by atoms with Crippen LogP contribution in [0.5, 0.6) is 11.5 Å². The fourth-order valence-electron chi connectivity index (χ4n) is 1.39. The quantitative estimate of drug-likeness (QED) is 0.524. The van der Waals surface area contributed by atoms with E-state index < -0.39 is 5.97 Å². The van der Waals surface area contributed by atoms with E-state index in [-0.39, 0.29) is 6.61 Å². The molecule has 2 aromatic rings. The van der Waals surface area contributed by atoms with Crippen LogP contribution in [0, 0.1) is 0 Å². The zero-order chi connectivity index (χ0) is 14.5. The van der Waals surface area contributed by atoms with Gasteiger partial charge < -0.3 is 9.47 Å². The molecule has 20 heavy (non-hydrogen) atoms. The molecule has 0 radical (unpaired) electrons. The van der Waals surface area contributed by atoms with Gasteiger partial charge in [0.05, 0.1) is 4.47 Å². The Bertz CT molecular complexity index is 614. The number of hydrogen-bond donors (Lipinski definition) is 0. The van der Waals surface area contributed by atoms with Crippen molar-refractivity contribution in [2.24, 2.45) is 0 Å². The zero-order valence-corrected chi connectivity index (χ0v) is 14.0. The first-order chi connectivity index (χ1) is 9.54. The van der Waals surface area contributed by atoms with Crippen LogP contribution in [0.1, 0.15) is 0 Å². The number of ether oxygens (including phenoxy) is 2. The van der Waals surface area contributed by atoms with Crippen molar-refractivity contribution >= 4 is 49.4 Å². The Morgan fingerprint density at radius 1 is 1.10 bits per heavy atom. The summed E-state index contributed by atoms with van der Waals surface area (Å²) in [6.07, 6.45) is 0. The van der Waals surface area contributed by atoms with Gasteiger partial charge in [0.15, 0.2) is 6.61 Å². The number of benzene rings is 2. The minimum absolute atomic E-state index is 0.178. The van der Waals surface area contributed by atoms with Crippen LogP contribution in [0.25, 0.3) is 0 Å². The molecule has 0 N–H and O–H groups in total. The lowest BCUT2D eigenvalue weighted by Crippen LogP contribution is -2.17. The van der Waals surface area contributed by atoms with E-state index in [4.69, 9.17) is 21.1 Å². The van der Waals surface area contributed by atoms with Crippen molar-refractivity contribution in [2.75, 3.05) is 6.61 Å². The first-order valence-corrected chi connectivity index (χ1v) is 7.55. The molecular formula is C14H9Br2ClO3. The van der Waals surface area contributed by atoms with E-state index in [2.05, 4.69) is 31.9 Å². The summed E-state index contributed by atoms with van der Waals surface area (Å²) in [7, 11) is 0. The smallest absolute Gasteiger partial charge is 0.349 e. The van der Waals surface area contributed by atoms with E-state index in [0.717, 1.165) is 8.95 Å². The number of rotatable bonds is 4. The van der Waals surface area contributed by atoms with E-state index in [0.29, 0.717) is 16.5 Å². The number of carbonyl (C=O) groups is 1.